The maximum atomic E-state index is 10.7. The Hall–Kier alpha value is -2.41. The van der Waals surface area contributed by atoms with Gasteiger partial charge in [0.1, 0.15) is 6.61 Å². The molecule has 0 heterocycles. The molecule has 0 aromatic carbocycles. The van der Waals surface area contributed by atoms with Gasteiger partial charge in [-0.05, 0) is 20.3 Å². The molecule has 24 heavy (non-hydrogen) atoms. The number of hydrogen-bond donors (Lipinski definition) is 2. The van der Waals surface area contributed by atoms with Crippen LogP contribution in [0.3, 0.4) is 0 Å². The number of unbranched alkanes of at least 4 members (excludes halogenated alkanes) is 1. The van der Waals surface area contributed by atoms with Gasteiger partial charge >= 0.3 is 17.9 Å². The molecule has 0 aromatic rings. The van der Waals surface area contributed by atoms with Crippen molar-refractivity contribution < 1.29 is 34.1 Å². The lowest BCUT2D eigenvalue weighted by molar-refractivity contribution is -0.140. The van der Waals surface area contributed by atoms with Crippen LogP contribution in [0.15, 0.2) is 37.0 Å². The topological polar surface area (TPSA) is 110 Å². The number of ether oxygens (including phenoxy) is 2. The SMILES string of the molecule is C=C(C)C(=O)OCCCC.C=C(C)C(=O)OCCO.C=CC(=O)O. The van der Waals surface area contributed by atoms with Crippen molar-refractivity contribution in [2.75, 3.05) is 19.8 Å². The van der Waals surface area contributed by atoms with Crippen molar-refractivity contribution in [2.45, 2.75) is 33.6 Å². The second kappa shape index (κ2) is 18.6. The number of aliphatic hydroxyl groups excluding tert-OH is 1. The van der Waals surface area contributed by atoms with Crippen LogP contribution in [-0.4, -0.2) is 47.9 Å². The Morgan fingerprint density at radius 3 is 1.62 bits per heavy atom. The number of carboxylic acids is 1. The van der Waals surface area contributed by atoms with Crippen LogP contribution < -0.4 is 0 Å². The van der Waals surface area contributed by atoms with Crippen molar-refractivity contribution >= 4 is 17.9 Å². The zero-order valence-electron chi connectivity index (χ0n) is 14.7. The lowest BCUT2D eigenvalue weighted by Gasteiger charge is -2.01. The highest BCUT2D eigenvalue weighted by atomic mass is 16.5. The second-order valence-electron chi connectivity index (χ2n) is 4.45. The molecule has 0 saturated carbocycles. The van der Waals surface area contributed by atoms with Crippen molar-refractivity contribution in [3.8, 4) is 0 Å². The summed E-state index contributed by atoms with van der Waals surface area (Å²) >= 11 is 0. The number of aliphatic hydroxyl groups is 1. The third kappa shape index (κ3) is 24.6. The molecule has 0 spiro atoms. The first kappa shape index (κ1) is 26.5. The van der Waals surface area contributed by atoms with Gasteiger partial charge in [-0.3, -0.25) is 0 Å². The highest BCUT2D eigenvalue weighted by molar-refractivity contribution is 5.87. The number of hydrogen-bond acceptors (Lipinski definition) is 6. The fourth-order valence-corrected chi connectivity index (χ4v) is 0.694. The third-order valence-electron chi connectivity index (χ3n) is 1.93. The van der Waals surface area contributed by atoms with Gasteiger partial charge in [-0.15, -0.1) is 0 Å². The number of carbonyl (C=O) groups is 3. The van der Waals surface area contributed by atoms with E-state index in [-0.39, 0.29) is 19.2 Å². The second-order valence-corrected chi connectivity index (χ2v) is 4.45. The van der Waals surface area contributed by atoms with Crippen LogP contribution in [0.1, 0.15) is 33.6 Å². The van der Waals surface area contributed by atoms with Crippen LogP contribution >= 0.6 is 0 Å². The lowest BCUT2D eigenvalue weighted by Crippen LogP contribution is -2.08. The number of rotatable bonds is 8. The fourth-order valence-electron chi connectivity index (χ4n) is 0.694. The average Bonchev–Trinajstić information content (AvgIpc) is 2.53. The maximum Gasteiger partial charge on any atom is 0.333 e. The number of aliphatic carboxylic acids is 1. The molecule has 0 rings (SSSR count). The standard InChI is InChI=1S/C8H14O2.C6H10O3.C3H4O2/c1-4-5-6-10-8(9)7(2)3;1-5(2)6(8)9-4-3-7;1-2-3(4)5/h2,4-6H2,1,3H3;7H,1,3-4H2,2H3;2H,1H2,(H,4,5). The van der Waals surface area contributed by atoms with Gasteiger partial charge < -0.3 is 19.7 Å². The molecule has 0 aliphatic carbocycles. The van der Waals surface area contributed by atoms with E-state index >= 15 is 0 Å². The molecular formula is C17H28O7. The Morgan fingerprint density at radius 2 is 1.38 bits per heavy atom. The highest BCUT2D eigenvalue weighted by Gasteiger charge is 2.00. The van der Waals surface area contributed by atoms with E-state index in [1.54, 1.807) is 13.8 Å². The summed E-state index contributed by atoms with van der Waals surface area (Å²) in [7, 11) is 0. The molecule has 7 heteroatoms. The van der Waals surface area contributed by atoms with Crippen molar-refractivity contribution in [2.24, 2.45) is 0 Å². The minimum Gasteiger partial charge on any atom is -0.478 e. The van der Waals surface area contributed by atoms with Crippen molar-refractivity contribution in [1.29, 1.82) is 0 Å². The Labute approximate surface area is 143 Å². The van der Waals surface area contributed by atoms with Gasteiger partial charge in [0.2, 0.25) is 0 Å². The quantitative estimate of drug-likeness (QED) is 0.395. The minimum atomic E-state index is -0.981. The van der Waals surface area contributed by atoms with Crippen LogP contribution in [-0.2, 0) is 23.9 Å². The summed E-state index contributed by atoms with van der Waals surface area (Å²) in [6.07, 6.45) is 2.81. The summed E-state index contributed by atoms with van der Waals surface area (Å²) in [5.41, 5.74) is 0.819. The maximum absolute atomic E-state index is 10.7. The summed E-state index contributed by atoms with van der Waals surface area (Å²) < 4.78 is 9.27. The van der Waals surface area contributed by atoms with Crippen LogP contribution in [0, 0.1) is 0 Å². The van der Waals surface area contributed by atoms with Gasteiger partial charge in [0.05, 0.1) is 13.2 Å². The largest absolute Gasteiger partial charge is 0.478 e. The first-order valence-corrected chi connectivity index (χ1v) is 7.25. The van der Waals surface area contributed by atoms with Crippen molar-refractivity contribution in [3.05, 3.63) is 37.0 Å². The molecule has 2 N–H and O–H groups in total. The van der Waals surface area contributed by atoms with E-state index in [0.29, 0.717) is 17.8 Å². The van der Waals surface area contributed by atoms with Gasteiger partial charge in [0.15, 0.2) is 0 Å². The summed E-state index contributed by atoms with van der Waals surface area (Å²) in [4.78, 5) is 30.4. The normalized spacial score (nSPS) is 8.33. The van der Waals surface area contributed by atoms with E-state index < -0.39 is 11.9 Å². The molecule has 0 bridgehead atoms. The average molecular weight is 344 g/mol. The number of carboxylic acid groups (broad SMARTS) is 1. The Bertz CT molecular complexity index is 425. The zero-order valence-corrected chi connectivity index (χ0v) is 14.7. The molecule has 0 atom stereocenters. The van der Waals surface area contributed by atoms with Gasteiger partial charge in [-0.2, -0.15) is 0 Å². The molecule has 0 fully saturated rings. The molecule has 0 radical (unpaired) electrons. The van der Waals surface area contributed by atoms with Gasteiger partial charge in [0, 0.05) is 17.2 Å². The summed E-state index contributed by atoms with van der Waals surface area (Å²) in [5.74, 6) is -1.72. The first-order valence-electron chi connectivity index (χ1n) is 7.25. The Kier molecular flexibility index (Phi) is 20.6. The molecule has 0 saturated heterocycles. The molecular weight excluding hydrogens is 316 g/mol. The summed E-state index contributed by atoms with van der Waals surface area (Å²) in [5, 5.41) is 15.8. The molecule has 0 unspecified atom stereocenters. The molecule has 0 aliphatic heterocycles. The molecule has 7 nitrogen and oxygen atoms in total. The van der Waals surface area contributed by atoms with Crippen molar-refractivity contribution in [3.63, 3.8) is 0 Å². The predicted molar refractivity (Wildman–Crippen MR) is 91.4 cm³/mol. The number of carbonyl (C=O) groups excluding carboxylic acids is 2. The van der Waals surface area contributed by atoms with Crippen molar-refractivity contribution in [1.82, 2.24) is 0 Å². The smallest absolute Gasteiger partial charge is 0.333 e. The van der Waals surface area contributed by atoms with E-state index in [2.05, 4.69) is 31.4 Å². The van der Waals surface area contributed by atoms with E-state index in [1.807, 2.05) is 0 Å². The van der Waals surface area contributed by atoms with Gasteiger partial charge in [-0.25, -0.2) is 14.4 Å². The van der Waals surface area contributed by atoms with E-state index in [4.69, 9.17) is 14.9 Å². The van der Waals surface area contributed by atoms with Gasteiger partial charge in [-0.1, -0.05) is 33.1 Å². The van der Waals surface area contributed by atoms with Gasteiger partial charge in [0.25, 0.3) is 0 Å². The van der Waals surface area contributed by atoms with E-state index in [0.717, 1.165) is 18.9 Å². The van der Waals surface area contributed by atoms with Crippen LogP contribution in [0.2, 0.25) is 0 Å². The summed E-state index contributed by atoms with van der Waals surface area (Å²) in [6, 6.07) is 0. The number of esters is 2. The fraction of sp³-hybridized carbons (Fsp3) is 0.471. The zero-order chi connectivity index (χ0) is 19.5. The van der Waals surface area contributed by atoms with E-state index in [1.165, 1.54) is 0 Å². The third-order valence-corrected chi connectivity index (χ3v) is 1.93. The van der Waals surface area contributed by atoms with Crippen LogP contribution in [0.25, 0.3) is 0 Å². The van der Waals surface area contributed by atoms with E-state index in [9.17, 15) is 14.4 Å². The Morgan fingerprint density at radius 1 is 1.00 bits per heavy atom. The summed E-state index contributed by atoms with van der Waals surface area (Å²) in [6.45, 7) is 15.4. The molecule has 0 aromatic heterocycles. The first-order chi connectivity index (χ1) is 11.1. The monoisotopic (exact) mass is 344 g/mol. The van der Waals surface area contributed by atoms with Crippen LogP contribution in [0.4, 0.5) is 0 Å². The molecule has 0 amide bonds. The molecule has 0 aliphatic rings. The highest BCUT2D eigenvalue weighted by Crippen LogP contribution is 1.94. The lowest BCUT2D eigenvalue weighted by atomic mass is 10.3. The van der Waals surface area contributed by atoms with Crippen LogP contribution in [0.5, 0.6) is 0 Å². The predicted octanol–water partition coefficient (Wildman–Crippen LogP) is 2.26. The minimum absolute atomic E-state index is 0.0473. The molecule has 138 valence electrons. The Balaban J connectivity index is -0.000000291.